The van der Waals surface area contributed by atoms with Crippen molar-refractivity contribution in [2.45, 2.75) is 270 Å². The first kappa shape index (κ1) is 66.0. The summed E-state index contributed by atoms with van der Waals surface area (Å²) >= 11 is 0. The number of carbonyl (C=O) groups excluding carboxylic acids is 2. The third-order valence-electron chi connectivity index (χ3n) is 12.5. The van der Waals surface area contributed by atoms with Gasteiger partial charge in [0.15, 0.2) is 0 Å². The van der Waals surface area contributed by atoms with Gasteiger partial charge in [0, 0.05) is 12.8 Å². The van der Waals surface area contributed by atoms with Crippen molar-refractivity contribution in [1.82, 2.24) is 5.32 Å². The van der Waals surface area contributed by atoms with E-state index in [9.17, 15) is 19.0 Å². The molecule has 1 amide bonds. The number of hydrogen-bond acceptors (Lipinski definition) is 6. The summed E-state index contributed by atoms with van der Waals surface area (Å²) in [5.41, 5.74) is 0. The van der Waals surface area contributed by atoms with E-state index >= 15 is 0 Å². The monoisotopic (exact) mass is 978 g/mol. The molecule has 0 aromatic heterocycles. The molecule has 2 N–H and O–H groups in total. The predicted molar refractivity (Wildman–Crippen MR) is 291 cm³/mol. The Kier molecular flexibility index (Phi) is 47.1. The maximum atomic E-state index is 13.5. The number of phosphoric ester groups is 1. The van der Waals surface area contributed by atoms with Crippen molar-refractivity contribution < 1.29 is 37.3 Å². The van der Waals surface area contributed by atoms with Crippen LogP contribution in [0.2, 0.25) is 0 Å². The van der Waals surface area contributed by atoms with Crippen molar-refractivity contribution >= 4 is 19.7 Å². The van der Waals surface area contributed by atoms with Gasteiger partial charge in [-0.2, -0.15) is 0 Å². The van der Waals surface area contributed by atoms with Crippen molar-refractivity contribution in [2.24, 2.45) is 0 Å². The number of allylic oxidation sites excluding steroid dienone is 7. The average molecular weight is 978 g/mol. The molecule has 3 atom stereocenters. The van der Waals surface area contributed by atoms with E-state index in [1.165, 1.54) is 135 Å². The highest BCUT2D eigenvalue weighted by Crippen LogP contribution is 2.43. The van der Waals surface area contributed by atoms with Crippen molar-refractivity contribution in [3.63, 3.8) is 0 Å². The van der Waals surface area contributed by atoms with Gasteiger partial charge >= 0.3 is 13.8 Å². The Morgan fingerprint density at radius 1 is 0.529 bits per heavy atom. The van der Waals surface area contributed by atoms with E-state index in [0.717, 1.165) is 89.9 Å². The Bertz CT molecular complexity index is 1310. The van der Waals surface area contributed by atoms with Gasteiger partial charge < -0.3 is 19.4 Å². The molecule has 10 heteroatoms. The minimum Gasteiger partial charge on any atom is -0.456 e. The molecule has 0 bridgehead atoms. The number of nitrogens with zero attached hydrogens (tertiary/aromatic N) is 1. The summed E-state index contributed by atoms with van der Waals surface area (Å²) in [6.07, 6.45) is 58.1. The van der Waals surface area contributed by atoms with Gasteiger partial charge in [0.25, 0.3) is 0 Å². The Morgan fingerprint density at radius 3 is 1.41 bits per heavy atom. The van der Waals surface area contributed by atoms with E-state index in [0.29, 0.717) is 23.9 Å². The van der Waals surface area contributed by atoms with Crippen LogP contribution in [0.25, 0.3) is 0 Å². The van der Waals surface area contributed by atoms with Gasteiger partial charge in [0.1, 0.15) is 19.3 Å². The van der Waals surface area contributed by atoms with E-state index in [-0.39, 0.29) is 25.1 Å². The van der Waals surface area contributed by atoms with Crippen LogP contribution in [0.4, 0.5) is 0 Å². The van der Waals surface area contributed by atoms with E-state index < -0.39 is 20.0 Å². The Balaban J connectivity index is 5.33. The second kappa shape index (κ2) is 48.6. The summed E-state index contributed by atoms with van der Waals surface area (Å²) < 4.78 is 30.6. The van der Waals surface area contributed by atoms with E-state index in [1.54, 1.807) is 0 Å². The van der Waals surface area contributed by atoms with Crippen LogP contribution >= 0.6 is 7.82 Å². The summed E-state index contributed by atoms with van der Waals surface area (Å²) in [6, 6.07) is -0.851. The van der Waals surface area contributed by atoms with Gasteiger partial charge in [-0.15, -0.1) is 0 Å². The lowest BCUT2D eigenvalue weighted by molar-refractivity contribution is -0.870. The number of ether oxygens (including phenoxy) is 1. The fourth-order valence-corrected chi connectivity index (χ4v) is 8.87. The zero-order valence-corrected chi connectivity index (χ0v) is 46.2. The van der Waals surface area contributed by atoms with Crippen LogP contribution in [0.3, 0.4) is 0 Å². The SMILES string of the molecule is CC/C=C/C/C=C/C/C=C/CCCCCCCCC(=O)NC(COP(=O)(O)OCC[N+](C)(C)C)C(/C=C/CCCCCCCCCCC)OC(=O)CCCCCCCCCCCCCCCCC. The van der Waals surface area contributed by atoms with Gasteiger partial charge in [0.05, 0.1) is 33.8 Å². The molecule has 0 aromatic rings. The quantitative estimate of drug-likeness (QED) is 0.0205. The number of rotatable bonds is 51. The van der Waals surface area contributed by atoms with Crippen LogP contribution < -0.4 is 5.32 Å². The van der Waals surface area contributed by atoms with Crippen LogP contribution in [0.1, 0.15) is 258 Å². The molecule has 0 aliphatic rings. The largest absolute Gasteiger partial charge is 0.472 e. The molecular formula is C58H110N2O7P+. The highest BCUT2D eigenvalue weighted by molar-refractivity contribution is 7.47. The highest BCUT2D eigenvalue weighted by atomic mass is 31.2. The first-order valence-electron chi connectivity index (χ1n) is 28.5. The summed E-state index contributed by atoms with van der Waals surface area (Å²) in [6.45, 7) is 6.89. The number of hydrogen-bond donors (Lipinski definition) is 2. The molecule has 0 aliphatic heterocycles. The lowest BCUT2D eigenvalue weighted by Crippen LogP contribution is -2.47. The molecule has 0 fully saturated rings. The van der Waals surface area contributed by atoms with E-state index in [1.807, 2.05) is 33.3 Å². The van der Waals surface area contributed by atoms with Gasteiger partial charge in [-0.25, -0.2) is 4.57 Å². The van der Waals surface area contributed by atoms with Crippen molar-refractivity contribution in [1.29, 1.82) is 0 Å². The summed E-state index contributed by atoms with van der Waals surface area (Å²) in [4.78, 5) is 37.5. The minimum absolute atomic E-state index is 0.0380. The lowest BCUT2D eigenvalue weighted by atomic mass is 10.0. The predicted octanol–water partition coefficient (Wildman–Crippen LogP) is 16.9. The zero-order chi connectivity index (χ0) is 50.1. The van der Waals surface area contributed by atoms with Gasteiger partial charge in [-0.05, 0) is 63.9 Å². The maximum absolute atomic E-state index is 13.5. The first-order chi connectivity index (χ1) is 32.9. The molecule has 0 aromatic carbocycles. The fraction of sp³-hybridized carbons (Fsp3) is 0.828. The molecule has 68 heavy (non-hydrogen) atoms. The molecule has 0 spiro atoms. The van der Waals surface area contributed by atoms with E-state index in [4.69, 9.17) is 13.8 Å². The fourth-order valence-electron chi connectivity index (χ4n) is 8.13. The molecule has 9 nitrogen and oxygen atoms in total. The van der Waals surface area contributed by atoms with Crippen molar-refractivity contribution in [3.8, 4) is 0 Å². The lowest BCUT2D eigenvalue weighted by Gasteiger charge is -2.27. The number of phosphoric acid groups is 1. The molecule has 0 heterocycles. The molecule has 0 aliphatic carbocycles. The zero-order valence-electron chi connectivity index (χ0n) is 45.3. The topological polar surface area (TPSA) is 111 Å². The number of nitrogens with one attached hydrogen (secondary N) is 1. The Labute approximate surface area is 420 Å². The number of quaternary nitrogens is 1. The van der Waals surface area contributed by atoms with Crippen LogP contribution in [-0.4, -0.2) is 74.3 Å². The Morgan fingerprint density at radius 2 is 0.941 bits per heavy atom. The standard InChI is InChI=1S/C58H109N2O7P/c1-7-10-13-16-19-22-25-27-29-31-32-35-38-41-44-47-50-57(61)59-55(54-66-68(63,64)65-53-52-60(4,5)6)56(49-46-43-40-37-34-24-21-18-15-12-9-3)67-58(62)51-48-45-42-39-36-33-30-28-26-23-20-17-14-11-8-2/h10,13,19,22,27,29,46,49,55-56H,7-9,11-12,14-18,20-21,23-26,28,30-45,47-48,50-54H2,1-6H3,(H-,59,61,63,64)/p+1/b13-10+,22-19+,29-27+,49-46+. The minimum atomic E-state index is -4.44. The van der Waals surface area contributed by atoms with Crippen molar-refractivity contribution in [3.05, 3.63) is 48.6 Å². The maximum Gasteiger partial charge on any atom is 0.472 e. The summed E-state index contributed by atoms with van der Waals surface area (Å²) in [5, 5.41) is 3.04. The molecular weight excluding hydrogens is 868 g/mol. The van der Waals surface area contributed by atoms with Crippen LogP contribution in [0, 0.1) is 0 Å². The van der Waals surface area contributed by atoms with Crippen molar-refractivity contribution in [2.75, 3.05) is 40.9 Å². The van der Waals surface area contributed by atoms with E-state index in [2.05, 4.69) is 62.5 Å². The molecule has 0 rings (SSSR count). The summed E-state index contributed by atoms with van der Waals surface area (Å²) in [5.74, 6) is -0.514. The number of unbranched alkanes of at least 4 members (excludes halogenated alkanes) is 29. The normalized spacial score (nSPS) is 14.2. The van der Waals surface area contributed by atoms with Crippen LogP contribution in [-0.2, 0) is 27.9 Å². The average Bonchev–Trinajstić information content (AvgIpc) is 3.29. The second-order valence-corrected chi connectivity index (χ2v) is 21.9. The highest BCUT2D eigenvalue weighted by Gasteiger charge is 2.30. The van der Waals surface area contributed by atoms with Crippen LogP contribution in [0.5, 0.6) is 0 Å². The van der Waals surface area contributed by atoms with Gasteiger partial charge in [-0.3, -0.25) is 18.6 Å². The molecule has 3 unspecified atom stereocenters. The van der Waals surface area contributed by atoms with Crippen LogP contribution in [0.15, 0.2) is 48.6 Å². The first-order valence-corrected chi connectivity index (χ1v) is 30.0. The number of carbonyl (C=O) groups is 2. The molecule has 0 radical (unpaired) electrons. The number of likely N-dealkylation sites (N-methyl/N-ethyl adjacent to an activating group) is 1. The molecule has 0 saturated carbocycles. The van der Waals surface area contributed by atoms with Gasteiger partial charge in [0.2, 0.25) is 5.91 Å². The number of esters is 1. The van der Waals surface area contributed by atoms with Gasteiger partial charge in [-0.1, -0.05) is 230 Å². The third kappa shape index (κ3) is 49.0. The smallest absolute Gasteiger partial charge is 0.456 e. The molecule has 398 valence electrons. The number of amides is 1. The Hall–Kier alpha value is -2.03. The molecule has 0 saturated heterocycles. The second-order valence-electron chi connectivity index (χ2n) is 20.4. The summed E-state index contributed by atoms with van der Waals surface area (Å²) in [7, 11) is 1.49. The third-order valence-corrected chi connectivity index (χ3v) is 13.5.